The second-order valence-electron chi connectivity index (χ2n) is 3.48. The van der Waals surface area contributed by atoms with Crippen LogP contribution in [-0.2, 0) is 4.79 Å². The van der Waals surface area contributed by atoms with Gasteiger partial charge < -0.3 is 11.1 Å². The maximum absolute atomic E-state index is 11.5. The van der Waals surface area contributed by atoms with Crippen molar-refractivity contribution in [3.05, 3.63) is 12.7 Å². The van der Waals surface area contributed by atoms with Gasteiger partial charge in [-0.2, -0.15) is 0 Å². The van der Waals surface area contributed by atoms with E-state index in [1.54, 1.807) is 6.08 Å². The van der Waals surface area contributed by atoms with Crippen molar-refractivity contribution in [1.82, 2.24) is 5.32 Å². The second-order valence-corrected chi connectivity index (χ2v) is 3.48. The monoisotopic (exact) mass is 168 g/mol. The second kappa shape index (κ2) is 3.27. The summed E-state index contributed by atoms with van der Waals surface area (Å²) >= 11 is 0. The Hall–Kier alpha value is -0.830. The summed E-state index contributed by atoms with van der Waals surface area (Å²) in [6, 6.07) is 0.0431. The van der Waals surface area contributed by atoms with Gasteiger partial charge in [0.15, 0.2) is 0 Å². The molecule has 0 saturated heterocycles. The van der Waals surface area contributed by atoms with Crippen LogP contribution in [0, 0.1) is 5.41 Å². The molecule has 1 aliphatic rings. The summed E-state index contributed by atoms with van der Waals surface area (Å²) in [7, 11) is 0. The van der Waals surface area contributed by atoms with Crippen molar-refractivity contribution in [2.75, 3.05) is 6.54 Å². The number of carbonyl (C=O) groups excluding carboxylic acids is 1. The summed E-state index contributed by atoms with van der Waals surface area (Å²) in [6.45, 7) is 5.96. The third-order valence-corrected chi connectivity index (χ3v) is 2.44. The van der Waals surface area contributed by atoms with Crippen LogP contribution in [0.5, 0.6) is 0 Å². The largest absolute Gasteiger partial charge is 0.350 e. The van der Waals surface area contributed by atoms with Crippen molar-refractivity contribution in [2.45, 2.75) is 25.8 Å². The van der Waals surface area contributed by atoms with Gasteiger partial charge in [0.25, 0.3) is 0 Å². The summed E-state index contributed by atoms with van der Waals surface area (Å²) in [4.78, 5) is 11.5. The first-order valence-corrected chi connectivity index (χ1v) is 4.28. The molecule has 12 heavy (non-hydrogen) atoms. The Morgan fingerprint density at radius 3 is 2.75 bits per heavy atom. The molecule has 0 spiro atoms. The van der Waals surface area contributed by atoms with Crippen molar-refractivity contribution in [3.63, 3.8) is 0 Å². The van der Waals surface area contributed by atoms with E-state index in [2.05, 4.69) is 11.9 Å². The number of rotatable bonds is 4. The van der Waals surface area contributed by atoms with Gasteiger partial charge >= 0.3 is 0 Å². The Kier molecular flexibility index (Phi) is 2.52. The summed E-state index contributed by atoms with van der Waals surface area (Å²) in [5.41, 5.74) is 5.26. The lowest BCUT2D eigenvalue weighted by Gasteiger charge is -2.15. The molecule has 0 aromatic rings. The highest BCUT2D eigenvalue weighted by molar-refractivity contribution is 5.85. The molecule has 68 valence electrons. The first-order chi connectivity index (χ1) is 5.64. The molecule has 0 bridgehead atoms. The Morgan fingerprint density at radius 1 is 1.83 bits per heavy atom. The lowest BCUT2D eigenvalue weighted by atomic mass is 10.1. The maximum atomic E-state index is 11.5. The van der Waals surface area contributed by atoms with E-state index in [1.807, 2.05) is 6.92 Å². The Balaban J connectivity index is 2.43. The molecule has 0 radical (unpaired) electrons. The highest BCUT2D eigenvalue weighted by Crippen LogP contribution is 2.44. The normalized spacial score (nSPS) is 21.2. The van der Waals surface area contributed by atoms with Gasteiger partial charge in [0.05, 0.1) is 5.41 Å². The molecule has 0 aliphatic heterocycles. The van der Waals surface area contributed by atoms with Crippen LogP contribution in [0.2, 0.25) is 0 Å². The molecule has 0 aromatic carbocycles. The zero-order valence-corrected chi connectivity index (χ0v) is 7.47. The molecule has 3 N–H and O–H groups in total. The van der Waals surface area contributed by atoms with Crippen molar-refractivity contribution in [3.8, 4) is 0 Å². The molecule has 1 saturated carbocycles. The summed E-state index contributed by atoms with van der Waals surface area (Å²) in [5, 5.41) is 2.85. The average Bonchev–Trinajstić information content (AvgIpc) is 2.84. The van der Waals surface area contributed by atoms with Crippen LogP contribution < -0.4 is 11.1 Å². The number of amides is 1. The topological polar surface area (TPSA) is 55.1 Å². The minimum Gasteiger partial charge on any atom is -0.350 e. The molecule has 3 nitrogen and oxygen atoms in total. The van der Waals surface area contributed by atoms with Crippen LogP contribution >= 0.6 is 0 Å². The molecule has 0 heterocycles. The standard InChI is InChI=1S/C9H16N2O/c1-3-7(2)11-8(12)9(6-10)4-5-9/h3,7H,1,4-6,10H2,2H3,(H,11,12). The zero-order chi connectivity index (χ0) is 9.19. The van der Waals surface area contributed by atoms with Crippen molar-refractivity contribution >= 4 is 5.91 Å². The number of nitrogens with one attached hydrogen (secondary N) is 1. The van der Waals surface area contributed by atoms with E-state index in [0.717, 1.165) is 12.8 Å². The van der Waals surface area contributed by atoms with E-state index in [0.29, 0.717) is 6.54 Å². The molecular formula is C9H16N2O. The molecule has 0 aromatic heterocycles. The van der Waals surface area contributed by atoms with Gasteiger partial charge in [-0.05, 0) is 19.8 Å². The minimum atomic E-state index is -0.239. The SMILES string of the molecule is C=CC(C)NC(=O)C1(CN)CC1. The van der Waals surface area contributed by atoms with Crippen molar-refractivity contribution in [2.24, 2.45) is 11.1 Å². The van der Waals surface area contributed by atoms with Crippen molar-refractivity contribution in [1.29, 1.82) is 0 Å². The van der Waals surface area contributed by atoms with E-state index in [-0.39, 0.29) is 17.4 Å². The number of nitrogens with two attached hydrogens (primary N) is 1. The smallest absolute Gasteiger partial charge is 0.227 e. The third-order valence-electron chi connectivity index (χ3n) is 2.44. The first-order valence-electron chi connectivity index (χ1n) is 4.28. The zero-order valence-electron chi connectivity index (χ0n) is 7.47. The van der Waals surface area contributed by atoms with Gasteiger partial charge in [0.2, 0.25) is 5.91 Å². The maximum Gasteiger partial charge on any atom is 0.227 e. The van der Waals surface area contributed by atoms with E-state index in [1.165, 1.54) is 0 Å². The summed E-state index contributed by atoms with van der Waals surface area (Å²) in [6.07, 6.45) is 3.57. The van der Waals surface area contributed by atoms with Gasteiger partial charge in [-0.3, -0.25) is 4.79 Å². The Morgan fingerprint density at radius 2 is 2.42 bits per heavy atom. The Labute approximate surface area is 73.0 Å². The van der Waals surface area contributed by atoms with Crippen LogP contribution in [0.15, 0.2) is 12.7 Å². The highest BCUT2D eigenvalue weighted by Gasteiger charge is 2.48. The van der Waals surface area contributed by atoms with E-state index >= 15 is 0 Å². The van der Waals surface area contributed by atoms with Gasteiger partial charge in [0, 0.05) is 12.6 Å². The highest BCUT2D eigenvalue weighted by atomic mass is 16.2. The molecule has 1 unspecified atom stereocenters. The van der Waals surface area contributed by atoms with Crippen LogP contribution in [0.3, 0.4) is 0 Å². The van der Waals surface area contributed by atoms with E-state index in [4.69, 9.17) is 5.73 Å². The van der Waals surface area contributed by atoms with Gasteiger partial charge in [-0.25, -0.2) is 0 Å². The van der Waals surface area contributed by atoms with E-state index < -0.39 is 0 Å². The predicted molar refractivity (Wildman–Crippen MR) is 48.5 cm³/mol. The molecule has 1 rings (SSSR count). The molecule has 1 atom stereocenters. The number of hydrogen-bond acceptors (Lipinski definition) is 2. The van der Waals surface area contributed by atoms with Crippen LogP contribution in [0.1, 0.15) is 19.8 Å². The summed E-state index contributed by atoms with van der Waals surface area (Å²) in [5.74, 6) is 0.0809. The fourth-order valence-electron chi connectivity index (χ4n) is 1.09. The van der Waals surface area contributed by atoms with Crippen LogP contribution in [-0.4, -0.2) is 18.5 Å². The number of carbonyl (C=O) groups is 1. The first kappa shape index (κ1) is 9.26. The quantitative estimate of drug-likeness (QED) is 0.598. The third kappa shape index (κ3) is 1.67. The number of hydrogen-bond donors (Lipinski definition) is 2. The lowest BCUT2D eigenvalue weighted by Crippen LogP contribution is -2.40. The van der Waals surface area contributed by atoms with Gasteiger partial charge in [-0.1, -0.05) is 6.08 Å². The minimum absolute atomic E-state index is 0.0431. The average molecular weight is 168 g/mol. The predicted octanol–water partition coefficient (Wildman–Crippen LogP) is 0.416. The van der Waals surface area contributed by atoms with Crippen LogP contribution in [0.25, 0.3) is 0 Å². The molecular weight excluding hydrogens is 152 g/mol. The van der Waals surface area contributed by atoms with Crippen LogP contribution in [0.4, 0.5) is 0 Å². The fourth-order valence-corrected chi connectivity index (χ4v) is 1.09. The van der Waals surface area contributed by atoms with E-state index in [9.17, 15) is 4.79 Å². The molecule has 1 amide bonds. The summed E-state index contributed by atoms with van der Waals surface area (Å²) < 4.78 is 0. The Bertz CT molecular complexity index is 197. The molecule has 3 heteroatoms. The molecule has 1 aliphatic carbocycles. The lowest BCUT2D eigenvalue weighted by molar-refractivity contribution is -0.126. The fraction of sp³-hybridized carbons (Fsp3) is 0.667. The van der Waals surface area contributed by atoms with Crippen molar-refractivity contribution < 1.29 is 4.79 Å². The van der Waals surface area contributed by atoms with Gasteiger partial charge in [0.1, 0.15) is 0 Å². The molecule has 1 fully saturated rings. The van der Waals surface area contributed by atoms with Gasteiger partial charge in [-0.15, -0.1) is 6.58 Å².